The predicted octanol–water partition coefficient (Wildman–Crippen LogP) is 5.22. The minimum Gasteiger partial charge on any atom is -0.323 e. The summed E-state index contributed by atoms with van der Waals surface area (Å²) in [7, 11) is 0. The molecule has 0 aromatic heterocycles. The highest BCUT2D eigenvalue weighted by molar-refractivity contribution is 9.10. The van der Waals surface area contributed by atoms with Gasteiger partial charge in [0.25, 0.3) is 0 Å². The maximum Gasteiger partial charge on any atom is 0.147 e. The van der Waals surface area contributed by atoms with Gasteiger partial charge in [-0.25, -0.2) is 4.39 Å². The molecular formula is C16H16BrClFN. The van der Waals surface area contributed by atoms with Crippen molar-refractivity contribution >= 4 is 27.5 Å². The topological polar surface area (TPSA) is 26.0 Å². The van der Waals surface area contributed by atoms with Crippen LogP contribution >= 0.6 is 27.5 Å². The smallest absolute Gasteiger partial charge is 0.147 e. The van der Waals surface area contributed by atoms with Crippen LogP contribution in [0.25, 0.3) is 0 Å². The average molecular weight is 357 g/mol. The van der Waals surface area contributed by atoms with Crippen molar-refractivity contribution in [3.8, 4) is 0 Å². The first-order valence-corrected chi connectivity index (χ1v) is 7.47. The second-order valence-corrected chi connectivity index (χ2v) is 6.56. The van der Waals surface area contributed by atoms with Crippen LogP contribution in [-0.4, -0.2) is 0 Å². The van der Waals surface area contributed by atoms with Crippen LogP contribution in [0.4, 0.5) is 4.39 Å². The Labute approximate surface area is 132 Å². The van der Waals surface area contributed by atoms with Crippen LogP contribution in [0, 0.1) is 5.82 Å². The number of hydrogen-bond donors (Lipinski definition) is 1. The lowest BCUT2D eigenvalue weighted by atomic mass is 9.75. The molecule has 0 bridgehead atoms. The van der Waals surface area contributed by atoms with Crippen LogP contribution in [0.1, 0.15) is 31.0 Å². The molecule has 0 saturated heterocycles. The maximum absolute atomic E-state index is 14.3. The van der Waals surface area contributed by atoms with Crippen molar-refractivity contribution in [2.45, 2.75) is 25.3 Å². The number of nitrogens with two attached hydrogens (primary N) is 1. The average Bonchev–Trinajstić information content (AvgIpc) is 2.45. The van der Waals surface area contributed by atoms with E-state index in [1.54, 1.807) is 12.1 Å². The summed E-state index contributed by atoms with van der Waals surface area (Å²) in [5.74, 6) is -0.461. The van der Waals surface area contributed by atoms with Crippen LogP contribution in [-0.2, 0) is 5.41 Å². The molecule has 0 spiro atoms. The summed E-state index contributed by atoms with van der Waals surface area (Å²) >= 11 is 9.16. The molecule has 0 heterocycles. The molecule has 1 atom stereocenters. The van der Waals surface area contributed by atoms with Gasteiger partial charge in [-0.15, -0.1) is 0 Å². The summed E-state index contributed by atoms with van der Waals surface area (Å²) in [6.07, 6.45) is 0. The van der Waals surface area contributed by atoms with Crippen molar-refractivity contribution in [2.75, 3.05) is 0 Å². The zero-order chi connectivity index (χ0) is 14.9. The summed E-state index contributed by atoms with van der Waals surface area (Å²) < 4.78 is 14.8. The largest absolute Gasteiger partial charge is 0.323 e. The molecule has 0 radical (unpaired) electrons. The molecule has 0 saturated carbocycles. The molecule has 2 aromatic rings. The molecule has 4 heteroatoms. The second-order valence-electron chi connectivity index (χ2n) is 5.33. The fraction of sp³-hybridized carbons (Fsp3) is 0.250. The molecule has 0 aliphatic heterocycles. The Bertz CT molecular complexity index is 613. The molecule has 1 nitrogen and oxygen atoms in total. The van der Waals surface area contributed by atoms with Crippen LogP contribution in [0.15, 0.2) is 46.9 Å². The van der Waals surface area contributed by atoms with Gasteiger partial charge < -0.3 is 5.73 Å². The van der Waals surface area contributed by atoms with Gasteiger partial charge in [-0.3, -0.25) is 0 Å². The van der Waals surface area contributed by atoms with Crippen molar-refractivity contribution in [1.82, 2.24) is 0 Å². The lowest BCUT2D eigenvalue weighted by Crippen LogP contribution is -2.33. The van der Waals surface area contributed by atoms with E-state index < -0.39 is 17.3 Å². The Morgan fingerprint density at radius 1 is 1.15 bits per heavy atom. The molecule has 0 fully saturated rings. The van der Waals surface area contributed by atoms with E-state index in [1.807, 2.05) is 44.2 Å². The molecule has 2 rings (SSSR count). The summed E-state index contributed by atoms with van der Waals surface area (Å²) in [6, 6.07) is 12.8. The highest BCUT2D eigenvalue weighted by Gasteiger charge is 2.32. The Balaban J connectivity index is 2.46. The van der Waals surface area contributed by atoms with Gasteiger partial charge in [-0.2, -0.15) is 0 Å². The third-order valence-corrected chi connectivity index (χ3v) is 4.95. The molecule has 0 aliphatic rings. The van der Waals surface area contributed by atoms with Gasteiger partial charge in [-0.1, -0.05) is 61.8 Å². The first kappa shape index (κ1) is 15.5. The van der Waals surface area contributed by atoms with E-state index in [0.29, 0.717) is 10.0 Å². The van der Waals surface area contributed by atoms with E-state index >= 15 is 0 Å². The maximum atomic E-state index is 14.3. The predicted molar refractivity (Wildman–Crippen MR) is 85.5 cm³/mol. The molecule has 2 aromatic carbocycles. The van der Waals surface area contributed by atoms with Crippen molar-refractivity contribution < 1.29 is 4.39 Å². The van der Waals surface area contributed by atoms with Crippen molar-refractivity contribution in [1.29, 1.82) is 0 Å². The van der Waals surface area contributed by atoms with Crippen molar-refractivity contribution in [3.05, 3.63) is 68.9 Å². The monoisotopic (exact) mass is 355 g/mol. The molecule has 20 heavy (non-hydrogen) atoms. The van der Waals surface area contributed by atoms with Crippen molar-refractivity contribution in [3.63, 3.8) is 0 Å². The Morgan fingerprint density at radius 3 is 2.35 bits per heavy atom. The highest BCUT2D eigenvalue weighted by atomic mass is 79.9. The number of hydrogen-bond acceptors (Lipinski definition) is 1. The standard InChI is InChI=1S/C16H16BrClFN/c1-16(2,10-6-4-3-5-7-10)15(20)11-8-9-12(17)13(18)14(11)19/h3-9,15H,20H2,1-2H3. The zero-order valence-electron chi connectivity index (χ0n) is 11.3. The molecular weight excluding hydrogens is 341 g/mol. The van der Waals surface area contributed by atoms with E-state index in [1.165, 1.54) is 0 Å². The van der Waals surface area contributed by atoms with Crippen LogP contribution in [0.5, 0.6) is 0 Å². The van der Waals surface area contributed by atoms with Crippen LogP contribution in [0.3, 0.4) is 0 Å². The lowest BCUT2D eigenvalue weighted by Gasteiger charge is -2.33. The van der Waals surface area contributed by atoms with Gasteiger partial charge in [0.05, 0.1) is 5.02 Å². The Kier molecular flexibility index (Phi) is 4.52. The summed E-state index contributed by atoms with van der Waals surface area (Å²) in [5.41, 5.74) is 7.39. The molecule has 0 amide bonds. The highest BCUT2D eigenvalue weighted by Crippen LogP contribution is 2.38. The van der Waals surface area contributed by atoms with Gasteiger partial charge >= 0.3 is 0 Å². The number of rotatable bonds is 3. The molecule has 2 N–H and O–H groups in total. The van der Waals surface area contributed by atoms with E-state index in [2.05, 4.69) is 15.9 Å². The number of halogens is 3. The van der Waals surface area contributed by atoms with E-state index in [0.717, 1.165) is 5.56 Å². The third kappa shape index (κ3) is 2.76. The second kappa shape index (κ2) is 5.84. The van der Waals surface area contributed by atoms with E-state index in [9.17, 15) is 4.39 Å². The normalized spacial score (nSPS) is 13.3. The lowest BCUT2D eigenvalue weighted by molar-refractivity contribution is 0.407. The third-order valence-electron chi connectivity index (χ3n) is 3.70. The van der Waals surface area contributed by atoms with Gasteiger partial charge in [0.15, 0.2) is 0 Å². The number of benzene rings is 2. The van der Waals surface area contributed by atoms with Gasteiger partial charge in [0.2, 0.25) is 0 Å². The first-order valence-electron chi connectivity index (χ1n) is 6.30. The quantitative estimate of drug-likeness (QED) is 0.750. The van der Waals surface area contributed by atoms with Gasteiger partial charge in [-0.05, 0) is 27.6 Å². The first-order chi connectivity index (χ1) is 9.35. The molecule has 0 aliphatic carbocycles. The Morgan fingerprint density at radius 2 is 1.75 bits per heavy atom. The fourth-order valence-corrected chi connectivity index (χ4v) is 2.70. The SMILES string of the molecule is CC(C)(c1ccccc1)C(N)c1ccc(Br)c(Cl)c1F. The summed E-state index contributed by atoms with van der Waals surface area (Å²) in [6.45, 7) is 4.00. The van der Waals surface area contributed by atoms with Crippen molar-refractivity contribution in [2.24, 2.45) is 5.73 Å². The van der Waals surface area contributed by atoms with Gasteiger partial charge in [0.1, 0.15) is 5.82 Å². The van der Waals surface area contributed by atoms with E-state index in [4.69, 9.17) is 17.3 Å². The van der Waals surface area contributed by atoms with Gasteiger partial charge in [0, 0.05) is 21.5 Å². The fourth-order valence-electron chi connectivity index (χ4n) is 2.22. The summed E-state index contributed by atoms with van der Waals surface area (Å²) in [5, 5.41) is 0.0711. The minimum atomic E-state index is -0.490. The van der Waals surface area contributed by atoms with Crippen LogP contribution in [0.2, 0.25) is 5.02 Å². The Hall–Kier alpha value is -0.900. The molecule has 1 unspecified atom stereocenters. The van der Waals surface area contributed by atoms with Crippen LogP contribution < -0.4 is 5.73 Å². The minimum absolute atomic E-state index is 0.0711. The summed E-state index contributed by atoms with van der Waals surface area (Å²) in [4.78, 5) is 0. The van der Waals surface area contributed by atoms with E-state index in [-0.39, 0.29) is 5.02 Å². The molecule has 106 valence electrons. The zero-order valence-corrected chi connectivity index (χ0v) is 13.7.